The van der Waals surface area contributed by atoms with Crippen LogP contribution in [0.3, 0.4) is 0 Å². The van der Waals surface area contributed by atoms with Crippen LogP contribution >= 0.6 is 0 Å². The van der Waals surface area contributed by atoms with Crippen molar-refractivity contribution in [2.75, 3.05) is 30.4 Å². The van der Waals surface area contributed by atoms with Crippen molar-refractivity contribution in [1.29, 1.82) is 0 Å². The number of aliphatic hydroxyl groups excluding tert-OH is 1. The maximum Gasteiger partial charge on any atom is 0.224 e. The number of hydrogen-bond donors (Lipinski definition) is 2. The summed E-state index contributed by atoms with van der Waals surface area (Å²) in [7, 11) is 1.71. The molecule has 2 heterocycles. The minimum Gasteiger partial charge on any atom is -0.396 e. The van der Waals surface area contributed by atoms with Crippen LogP contribution in [0.2, 0.25) is 0 Å². The van der Waals surface area contributed by atoms with Crippen LogP contribution < -0.4 is 10.2 Å². The summed E-state index contributed by atoms with van der Waals surface area (Å²) in [5.41, 5.74) is 0. The van der Waals surface area contributed by atoms with Crippen LogP contribution in [0.1, 0.15) is 25.7 Å². The average Bonchev–Trinajstić information content (AvgIpc) is 2.85. The quantitative estimate of drug-likeness (QED) is 0.831. The largest absolute Gasteiger partial charge is 0.396 e. The van der Waals surface area contributed by atoms with Crippen LogP contribution in [0.15, 0.2) is 6.20 Å². The molecule has 0 bridgehead atoms. The Morgan fingerprint density at radius 2 is 2.44 bits per heavy atom. The summed E-state index contributed by atoms with van der Waals surface area (Å²) in [4.78, 5) is 10.0. The summed E-state index contributed by atoms with van der Waals surface area (Å²) >= 11 is 0. The van der Waals surface area contributed by atoms with E-state index in [1.807, 2.05) is 4.90 Å². The molecule has 2 rings (SSSR count). The van der Waals surface area contributed by atoms with Crippen LogP contribution in [-0.4, -0.2) is 41.3 Å². The lowest BCUT2D eigenvalue weighted by Gasteiger charge is -2.26. The van der Waals surface area contributed by atoms with Crippen molar-refractivity contribution in [2.45, 2.75) is 31.7 Å². The number of nitrogens with zero attached hydrogens (tertiary/aromatic N) is 3. The minimum absolute atomic E-state index is 0.179. The van der Waals surface area contributed by atoms with Gasteiger partial charge in [-0.1, -0.05) is 0 Å². The van der Waals surface area contributed by atoms with Crippen molar-refractivity contribution in [3.05, 3.63) is 12.0 Å². The Morgan fingerprint density at radius 3 is 3.17 bits per heavy atom. The number of rotatable bonds is 5. The number of nitrogens with one attached hydrogen (secondary N) is 1. The molecule has 6 heteroatoms. The van der Waals surface area contributed by atoms with Crippen molar-refractivity contribution < 1.29 is 9.50 Å². The normalized spacial score (nSPS) is 19.3. The zero-order chi connectivity index (χ0) is 13.0. The first-order valence-corrected chi connectivity index (χ1v) is 6.34. The highest BCUT2D eigenvalue weighted by Crippen LogP contribution is 2.28. The van der Waals surface area contributed by atoms with Gasteiger partial charge in [-0.05, 0) is 25.7 Å². The van der Waals surface area contributed by atoms with Crippen molar-refractivity contribution in [3.8, 4) is 0 Å². The van der Waals surface area contributed by atoms with E-state index >= 15 is 0 Å². The number of hydrogen-bond acceptors (Lipinski definition) is 5. The molecule has 0 saturated carbocycles. The number of halogens is 1. The van der Waals surface area contributed by atoms with Crippen molar-refractivity contribution >= 4 is 11.8 Å². The summed E-state index contributed by atoms with van der Waals surface area (Å²) in [6, 6.07) is 0.270. The van der Waals surface area contributed by atoms with Crippen molar-refractivity contribution in [2.24, 2.45) is 0 Å². The molecule has 1 aromatic rings. The predicted octanol–water partition coefficient (Wildman–Crippen LogP) is 1.40. The molecule has 0 amide bonds. The zero-order valence-corrected chi connectivity index (χ0v) is 10.6. The Bertz CT molecular complexity index is 402. The standard InChI is InChI=1S/C12H19FN4O/c1-14-12-15-8-10(13)11(16-12)17-6-2-4-9(17)5-3-7-18/h8-9,18H,2-7H2,1H3,(H,14,15,16). The van der Waals surface area contributed by atoms with E-state index in [0.717, 1.165) is 32.2 Å². The second kappa shape index (κ2) is 5.95. The first-order valence-electron chi connectivity index (χ1n) is 6.34. The third kappa shape index (κ3) is 2.69. The van der Waals surface area contributed by atoms with Crippen LogP contribution in [0.25, 0.3) is 0 Å². The van der Waals surface area contributed by atoms with Gasteiger partial charge in [0.2, 0.25) is 5.95 Å². The SMILES string of the molecule is CNc1ncc(F)c(N2CCCC2CCCO)n1. The van der Waals surface area contributed by atoms with Gasteiger partial charge < -0.3 is 15.3 Å². The topological polar surface area (TPSA) is 61.3 Å². The van der Waals surface area contributed by atoms with E-state index in [1.165, 1.54) is 6.20 Å². The monoisotopic (exact) mass is 254 g/mol. The highest BCUT2D eigenvalue weighted by Gasteiger charge is 2.27. The molecule has 18 heavy (non-hydrogen) atoms. The Kier molecular flexibility index (Phi) is 4.30. The van der Waals surface area contributed by atoms with Crippen LogP contribution in [0, 0.1) is 5.82 Å². The summed E-state index contributed by atoms with van der Waals surface area (Å²) < 4.78 is 13.8. The highest BCUT2D eigenvalue weighted by molar-refractivity contribution is 5.45. The molecule has 1 aliphatic heterocycles. The van der Waals surface area contributed by atoms with E-state index in [9.17, 15) is 4.39 Å². The van der Waals surface area contributed by atoms with E-state index in [4.69, 9.17) is 5.11 Å². The molecular formula is C12H19FN4O. The molecule has 0 aliphatic carbocycles. The van der Waals surface area contributed by atoms with E-state index in [1.54, 1.807) is 7.05 Å². The molecule has 0 aromatic carbocycles. The van der Waals surface area contributed by atoms with Gasteiger partial charge in [0.1, 0.15) is 0 Å². The number of aromatic nitrogens is 2. The fourth-order valence-electron chi connectivity index (χ4n) is 2.42. The van der Waals surface area contributed by atoms with Gasteiger partial charge in [0.15, 0.2) is 11.6 Å². The van der Waals surface area contributed by atoms with Gasteiger partial charge in [0.05, 0.1) is 6.20 Å². The lowest BCUT2D eigenvalue weighted by Crippen LogP contribution is -2.31. The lowest BCUT2D eigenvalue weighted by molar-refractivity contribution is 0.279. The fraction of sp³-hybridized carbons (Fsp3) is 0.667. The third-order valence-electron chi connectivity index (χ3n) is 3.29. The van der Waals surface area contributed by atoms with Gasteiger partial charge in [-0.15, -0.1) is 0 Å². The molecule has 1 saturated heterocycles. The van der Waals surface area contributed by atoms with Crippen molar-refractivity contribution in [1.82, 2.24) is 9.97 Å². The Morgan fingerprint density at radius 1 is 1.61 bits per heavy atom. The smallest absolute Gasteiger partial charge is 0.224 e. The van der Waals surface area contributed by atoms with Gasteiger partial charge in [-0.25, -0.2) is 9.37 Å². The summed E-state index contributed by atoms with van der Waals surface area (Å²) in [5.74, 6) is 0.416. The van der Waals surface area contributed by atoms with Gasteiger partial charge >= 0.3 is 0 Å². The van der Waals surface area contributed by atoms with Crippen molar-refractivity contribution in [3.63, 3.8) is 0 Å². The molecule has 1 aromatic heterocycles. The molecule has 1 aliphatic rings. The summed E-state index contributed by atoms with van der Waals surface area (Å²) in [6.07, 6.45) is 4.88. The molecular weight excluding hydrogens is 235 g/mol. The van der Waals surface area contributed by atoms with E-state index < -0.39 is 0 Å². The molecule has 1 atom stereocenters. The minimum atomic E-state index is -0.384. The molecule has 5 nitrogen and oxygen atoms in total. The number of anilines is 2. The maximum absolute atomic E-state index is 13.8. The average molecular weight is 254 g/mol. The van der Waals surface area contributed by atoms with Crippen LogP contribution in [-0.2, 0) is 0 Å². The second-order valence-electron chi connectivity index (χ2n) is 4.47. The van der Waals surface area contributed by atoms with Crippen LogP contribution in [0.5, 0.6) is 0 Å². The van der Waals surface area contributed by atoms with Gasteiger partial charge in [0, 0.05) is 26.2 Å². The number of aliphatic hydroxyl groups is 1. The summed E-state index contributed by atoms with van der Waals surface area (Å²) in [6.45, 7) is 0.992. The maximum atomic E-state index is 13.8. The van der Waals surface area contributed by atoms with E-state index in [0.29, 0.717) is 11.8 Å². The predicted molar refractivity (Wildman–Crippen MR) is 68.2 cm³/mol. The van der Waals surface area contributed by atoms with Gasteiger partial charge in [-0.2, -0.15) is 4.98 Å². The molecule has 1 fully saturated rings. The van der Waals surface area contributed by atoms with Gasteiger partial charge in [0.25, 0.3) is 0 Å². The van der Waals surface area contributed by atoms with E-state index in [-0.39, 0.29) is 18.5 Å². The van der Waals surface area contributed by atoms with E-state index in [2.05, 4.69) is 15.3 Å². The third-order valence-corrected chi connectivity index (χ3v) is 3.29. The lowest BCUT2D eigenvalue weighted by atomic mass is 10.1. The van der Waals surface area contributed by atoms with Gasteiger partial charge in [-0.3, -0.25) is 0 Å². The Labute approximate surface area is 106 Å². The Hall–Kier alpha value is -1.43. The molecule has 0 radical (unpaired) electrons. The Balaban J connectivity index is 2.18. The molecule has 1 unspecified atom stereocenters. The summed E-state index contributed by atoms with van der Waals surface area (Å²) in [5, 5.41) is 11.7. The second-order valence-corrected chi connectivity index (χ2v) is 4.47. The zero-order valence-electron chi connectivity index (χ0n) is 10.6. The highest BCUT2D eigenvalue weighted by atomic mass is 19.1. The molecule has 0 spiro atoms. The molecule has 100 valence electrons. The first kappa shape index (κ1) is 13.0. The first-order chi connectivity index (χ1) is 8.76. The molecule has 2 N–H and O–H groups in total. The fourth-order valence-corrected chi connectivity index (χ4v) is 2.42. The van der Waals surface area contributed by atoms with Crippen LogP contribution in [0.4, 0.5) is 16.2 Å².